The zero-order valence-electron chi connectivity index (χ0n) is 19.9. The standard InChI is InChI=1S/C33H30O2/c34-19-29-27-15-23-9-3-1-7-21(23)13-25(27)17-31(29)33(11-5-6-12-33)32-18-26-14-22-8-2-4-10-24(22)16-28(26)30(32)20-35/h1-4,7-10,13-18,29-30,34-35H,5-6,11-12,19-20H2. The summed E-state index contributed by atoms with van der Waals surface area (Å²) in [4.78, 5) is 0. The van der Waals surface area contributed by atoms with Crippen LogP contribution < -0.4 is 0 Å². The van der Waals surface area contributed by atoms with Gasteiger partial charge < -0.3 is 10.2 Å². The van der Waals surface area contributed by atoms with Gasteiger partial charge in [-0.25, -0.2) is 0 Å². The van der Waals surface area contributed by atoms with Crippen molar-refractivity contribution >= 4 is 33.7 Å². The average molecular weight is 459 g/mol. The first-order valence-corrected chi connectivity index (χ1v) is 12.9. The van der Waals surface area contributed by atoms with Crippen LogP contribution in [0.2, 0.25) is 0 Å². The Hall–Kier alpha value is -3.20. The average Bonchev–Trinajstić information content (AvgIpc) is 3.61. The van der Waals surface area contributed by atoms with Gasteiger partial charge in [0.05, 0.1) is 13.2 Å². The van der Waals surface area contributed by atoms with Crippen molar-refractivity contribution in [2.24, 2.45) is 5.41 Å². The van der Waals surface area contributed by atoms with Crippen molar-refractivity contribution in [2.45, 2.75) is 37.5 Å². The molecule has 0 aliphatic heterocycles. The third-order valence-electron chi connectivity index (χ3n) is 8.95. The molecule has 35 heavy (non-hydrogen) atoms. The molecule has 0 heterocycles. The second-order valence-electron chi connectivity index (χ2n) is 10.6. The molecule has 3 aliphatic rings. The summed E-state index contributed by atoms with van der Waals surface area (Å²) in [6.07, 6.45) is 9.28. The Morgan fingerprint density at radius 2 is 1.00 bits per heavy atom. The molecule has 2 nitrogen and oxygen atoms in total. The Balaban J connectivity index is 1.39. The summed E-state index contributed by atoms with van der Waals surface area (Å²) >= 11 is 0. The molecule has 7 rings (SSSR count). The molecule has 2 heteroatoms. The molecule has 0 bridgehead atoms. The third kappa shape index (κ3) is 3.03. The molecule has 0 radical (unpaired) electrons. The molecule has 2 N–H and O–H groups in total. The molecule has 0 aromatic heterocycles. The van der Waals surface area contributed by atoms with Crippen LogP contribution >= 0.6 is 0 Å². The van der Waals surface area contributed by atoms with Crippen molar-refractivity contribution in [1.82, 2.24) is 0 Å². The number of fused-ring (bicyclic) bond motifs is 4. The lowest BCUT2D eigenvalue weighted by Crippen LogP contribution is -2.29. The van der Waals surface area contributed by atoms with Gasteiger partial charge in [-0.1, -0.05) is 73.5 Å². The van der Waals surface area contributed by atoms with E-state index in [1.54, 1.807) is 0 Å². The monoisotopic (exact) mass is 458 g/mol. The van der Waals surface area contributed by atoms with Gasteiger partial charge in [0.15, 0.2) is 0 Å². The maximum absolute atomic E-state index is 10.7. The van der Waals surface area contributed by atoms with Gasteiger partial charge in [0.1, 0.15) is 0 Å². The van der Waals surface area contributed by atoms with Crippen LogP contribution in [0.15, 0.2) is 83.9 Å². The molecular formula is C33H30O2. The van der Waals surface area contributed by atoms with Crippen LogP contribution in [0.4, 0.5) is 0 Å². The lowest BCUT2D eigenvalue weighted by Gasteiger charge is -2.38. The molecule has 4 aromatic carbocycles. The minimum absolute atomic E-state index is 0.00994. The van der Waals surface area contributed by atoms with Gasteiger partial charge in [0, 0.05) is 17.3 Å². The molecule has 174 valence electrons. The molecular weight excluding hydrogens is 428 g/mol. The molecule has 0 spiro atoms. The smallest absolute Gasteiger partial charge is 0.0537 e. The predicted octanol–water partition coefficient (Wildman–Crippen LogP) is 7.20. The van der Waals surface area contributed by atoms with Crippen molar-refractivity contribution in [1.29, 1.82) is 0 Å². The molecule has 0 amide bonds. The Kier molecular flexibility index (Phi) is 4.77. The molecule has 3 aliphatic carbocycles. The summed E-state index contributed by atoms with van der Waals surface area (Å²) in [7, 11) is 0. The van der Waals surface area contributed by atoms with Crippen LogP contribution in [0.3, 0.4) is 0 Å². The quantitative estimate of drug-likeness (QED) is 0.339. The molecule has 2 atom stereocenters. The molecule has 0 saturated heterocycles. The van der Waals surface area contributed by atoms with Crippen molar-refractivity contribution in [3.05, 3.63) is 106 Å². The van der Waals surface area contributed by atoms with E-state index in [4.69, 9.17) is 0 Å². The first-order chi connectivity index (χ1) is 17.2. The lowest BCUT2D eigenvalue weighted by molar-refractivity contribution is 0.248. The minimum atomic E-state index is -0.114. The van der Waals surface area contributed by atoms with E-state index in [1.807, 2.05) is 0 Å². The van der Waals surface area contributed by atoms with Crippen molar-refractivity contribution in [2.75, 3.05) is 13.2 Å². The largest absolute Gasteiger partial charge is 0.395 e. The normalized spacial score (nSPS) is 22.3. The topological polar surface area (TPSA) is 40.5 Å². The zero-order valence-corrected chi connectivity index (χ0v) is 19.9. The van der Waals surface area contributed by atoms with Gasteiger partial charge in [-0.05, 0) is 92.1 Å². The van der Waals surface area contributed by atoms with E-state index in [9.17, 15) is 10.2 Å². The van der Waals surface area contributed by atoms with Gasteiger partial charge >= 0.3 is 0 Å². The highest BCUT2D eigenvalue weighted by Crippen LogP contribution is 2.61. The lowest BCUT2D eigenvalue weighted by atomic mass is 9.65. The summed E-state index contributed by atoms with van der Waals surface area (Å²) in [5.41, 5.74) is 7.56. The fraction of sp³-hybridized carbons (Fsp3) is 0.273. The van der Waals surface area contributed by atoms with Gasteiger partial charge in [0.25, 0.3) is 0 Å². The summed E-state index contributed by atoms with van der Waals surface area (Å²) in [6.45, 7) is 0.236. The SMILES string of the molecule is OCC1C(C2(C3=Cc4cc5ccccc5cc4C3CO)CCCC2)=Cc2cc3ccccc3cc21. The van der Waals surface area contributed by atoms with Gasteiger partial charge in [-0.2, -0.15) is 0 Å². The highest BCUT2D eigenvalue weighted by molar-refractivity contribution is 5.90. The van der Waals surface area contributed by atoms with Crippen molar-refractivity contribution in [3.63, 3.8) is 0 Å². The van der Waals surface area contributed by atoms with Crippen LogP contribution in [0, 0.1) is 5.41 Å². The summed E-state index contributed by atoms with van der Waals surface area (Å²) in [5.74, 6) is 0.0199. The molecule has 4 aromatic rings. The summed E-state index contributed by atoms with van der Waals surface area (Å²) in [5, 5.41) is 26.3. The number of hydrogen-bond donors (Lipinski definition) is 2. The van der Waals surface area contributed by atoms with Crippen molar-refractivity contribution in [3.8, 4) is 0 Å². The number of rotatable bonds is 4. The zero-order chi connectivity index (χ0) is 23.6. The molecule has 1 saturated carbocycles. The first kappa shape index (κ1) is 21.1. The highest BCUT2D eigenvalue weighted by Gasteiger charge is 2.49. The maximum atomic E-state index is 10.7. The van der Waals surface area contributed by atoms with Gasteiger partial charge in [-0.3, -0.25) is 0 Å². The number of hydrogen-bond acceptors (Lipinski definition) is 2. The Morgan fingerprint density at radius 1 is 0.600 bits per heavy atom. The summed E-state index contributed by atoms with van der Waals surface area (Å²) in [6, 6.07) is 26.2. The van der Waals surface area contributed by atoms with E-state index >= 15 is 0 Å². The van der Waals surface area contributed by atoms with Crippen LogP contribution in [-0.4, -0.2) is 23.4 Å². The number of aliphatic hydroxyl groups is 2. The minimum Gasteiger partial charge on any atom is -0.395 e. The third-order valence-corrected chi connectivity index (χ3v) is 8.95. The van der Waals surface area contributed by atoms with E-state index in [0.717, 1.165) is 12.8 Å². The fourth-order valence-electron chi connectivity index (χ4n) is 7.34. The number of aliphatic hydroxyl groups excluding tert-OH is 2. The fourth-order valence-corrected chi connectivity index (χ4v) is 7.34. The summed E-state index contributed by atoms with van der Waals surface area (Å²) < 4.78 is 0. The van der Waals surface area contributed by atoms with E-state index in [1.165, 1.54) is 67.8 Å². The maximum Gasteiger partial charge on any atom is 0.0537 e. The predicted molar refractivity (Wildman–Crippen MR) is 144 cm³/mol. The second-order valence-corrected chi connectivity index (χ2v) is 10.6. The van der Waals surface area contributed by atoms with E-state index < -0.39 is 0 Å². The van der Waals surface area contributed by atoms with E-state index in [-0.39, 0.29) is 30.5 Å². The van der Waals surface area contributed by atoms with Crippen molar-refractivity contribution < 1.29 is 10.2 Å². The number of benzene rings is 4. The van der Waals surface area contributed by atoms with E-state index in [0.29, 0.717) is 0 Å². The highest BCUT2D eigenvalue weighted by atomic mass is 16.3. The second kappa shape index (κ2) is 7.91. The van der Waals surface area contributed by atoms with E-state index in [2.05, 4.69) is 84.9 Å². The van der Waals surface area contributed by atoms with Gasteiger partial charge in [0.2, 0.25) is 0 Å². The first-order valence-electron chi connectivity index (χ1n) is 12.9. The van der Waals surface area contributed by atoms with Crippen LogP contribution in [0.5, 0.6) is 0 Å². The molecule has 2 unspecified atom stereocenters. The van der Waals surface area contributed by atoms with Crippen LogP contribution in [0.25, 0.3) is 33.7 Å². The van der Waals surface area contributed by atoms with Crippen LogP contribution in [-0.2, 0) is 0 Å². The molecule has 1 fully saturated rings. The Labute approximate surface area is 206 Å². The van der Waals surface area contributed by atoms with Gasteiger partial charge in [-0.15, -0.1) is 0 Å². The Bertz CT molecular complexity index is 1420. The Morgan fingerprint density at radius 3 is 1.40 bits per heavy atom. The van der Waals surface area contributed by atoms with Crippen LogP contribution in [0.1, 0.15) is 59.8 Å².